The summed E-state index contributed by atoms with van der Waals surface area (Å²) in [6.45, 7) is 1.94. The summed E-state index contributed by atoms with van der Waals surface area (Å²) in [6, 6.07) is 4.43. The van der Waals surface area contributed by atoms with E-state index in [-0.39, 0.29) is 6.04 Å². The summed E-state index contributed by atoms with van der Waals surface area (Å²) < 4.78 is 1.88. The molecule has 0 radical (unpaired) electrons. The highest BCUT2D eigenvalue weighted by molar-refractivity contribution is 7.99. The van der Waals surface area contributed by atoms with Crippen LogP contribution in [0.15, 0.2) is 28.5 Å². The number of hydrogen-bond acceptors (Lipinski definition) is 6. The SMILES string of the molecule is CC(N)c1ccc(Sc2nnnn2C2CC2)nc1. The lowest BCUT2D eigenvalue weighted by Crippen LogP contribution is -2.05. The average molecular weight is 262 g/mol. The lowest BCUT2D eigenvalue weighted by molar-refractivity contribution is 0.565. The third kappa shape index (κ3) is 2.37. The zero-order valence-corrected chi connectivity index (χ0v) is 10.8. The van der Waals surface area contributed by atoms with Gasteiger partial charge in [-0.1, -0.05) is 6.07 Å². The third-order valence-electron chi connectivity index (χ3n) is 2.84. The first kappa shape index (κ1) is 11.6. The quantitative estimate of drug-likeness (QED) is 0.900. The van der Waals surface area contributed by atoms with Crippen LogP contribution in [-0.4, -0.2) is 25.2 Å². The molecule has 2 N–H and O–H groups in total. The van der Waals surface area contributed by atoms with Gasteiger partial charge in [-0.2, -0.15) is 0 Å². The van der Waals surface area contributed by atoms with Gasteiger partial charge < -0.3 is 5.73 Å². The first-order valence-corrected chi connectivity index (χ1v) is 6.73. The van der Waals surface area contributed by atoms with Crippen LogP contribution in [0.1, 0.15) is 37.4 Å². The molecule has 0 aliphatic heterocycles. The molecule has 2 aromatic heterocycles. The first-order valence-electron chi connectivity index (χ1n) is 5.91. The number of nitrogens with two attached hydrogens (primary N) is 1. The molecule has 0 amide bonds. The van der Waals surface area contributed by atoms with Crippen molar-refractivity contribution in [3.05, 3.63) is 23.9 Å². The van der Waals surface area contributed by atoms with Gasteiger partial charge in [0.1, 0.15) is 5.03 Å². The standard InChI is InChI=1S/C11H14N6S/c1-7(12)8-2-5-10(13-6-8)18-11-14-15-16-17(11)9-3-4-9/h2,5-7,9H,3-4,12H2,1H3. The van der Waals surface area contributed by atoms with Crippen molar-refractivity contribution >= 4 is 11.8 Å². The zero-order chi connectivity index (χ0) is 12.5. The Balaban J connectivity index is 1.77. The van der Waals surface area contributed by atoms with Crippen LogP contribution in [0.3, 0.4) is 0 Å². The molecule has 1 saturated carbocycles. The van der Waals surface area contributed by atoms with Gasteiger partial charge >= 0.3 is 0 Å². The Kier molecular flexibility index (Phi) is 3.00. The molecule has 3 rings (SSSR count). The molecule has 1 unspecified atom stereocenters. The summed E-state index contributed by atoms with van der Waals surface area (Å²) in [4.78, 5) is 4.37. The first-order chi connectivity index (χ1) is 8.74. The highest BCUT2D eigenvalue weighted by Crippen LogP contribution is 2.37. The van der Waals surface area contributed by atoms with Gasteiger partial charge in [0.2, 0.25) is 5.16 Å². The Hall–Kier alpha value is -1.47. The molecule has 2 aromatic rings. The van der Waals surface area contributed by atoms with Gasteiger partial charge in [0.05, 0.1) is 6.04 Å². The van der Waals surface area contributed by atoms with Crippen molar-refractivity contribution in [2.24, 2.45) is 5.73 Å². The second-order valence-electron chi connectivity index (χ2n) is 4.46. The van der Waals surface area contributed by atoms with Crippen molar-refractivity contribution < 1.29 is 0 Å². The number of nitrogens with zero attached hydrogens (tertiary/aromatic N) is 5. The van der Waals surface area contributed by atoms with E-state index < -0.39 is 0 Å². The molecule has 1 atom stereocenters. The predicted molar refractivity (Wildman–Crippen MR) is 67.1 cm³/mol. The van der Waals surface area contributed by atoms with E-state index in [1.54, 1.807) is 6.20 Å². The van der Waals surface area contributed by atoms with Gasteiger partial charge in [-0.05, 0) is 53.6 Å². The number of tetrazole rings is 1. The predicted octanol–water partition coefficient (Wildman–Crippen LogP) is 1.57. The fraction of sp³-hybridized carbons (Fsp3) is 0.455. The topological polar surface area (TPSA) is 82.5 Å². The molecule has 1 fully saturated rings. The Bertz CT molecular complexity index is 531. The van der Waals surface area contributed by atoms with Crippen molar-refractivity contribution in [3.63, 3.8) is 0 Å². The maximum atomic E-state index is 5.79. The van der Waals surface area contributed by atoms with E-state index >= 15 is 0 Å². The smallest absolute Gasteiger partial charge is 0.215 e. The van der Waals surface area contributed by atoms with E-state index in [0.717, 1.165) is 28.6 Å². The van der Waals surface area contributed by atoms with E-state index in [9.17, 15) is 0 Å². The number of hydrogen-bond donors (Lipinski definition) is 1. The molecule has 1 aliphatic rings. The van der Waals surface area contributed by atoms with E-state index in [1.165, 1.54) is 11.8 Å². The van der Waals surface area contributed by atoms with Gasteiger partial charge in [-0.3, -0.25) is 0 Å². The van der Waals surface area contributed by atoms with Gasteiger partial charge in [0, 0.05) is 12.2 Å². The second-order valence-corrected chi connectivity index (χ2v) is 5.45. The normalized spacial score (nSPS) is 16.8. The summed E-state index contributed by atoms with van der Waals surface area (Å²) in [5.74, 6) is 0. The number of rotatable bonds is 4. The lowest BCUT2D eigenvalue weighted by atomic mass is 10.2. The molecule has 94 valence electrons. The fourth-order valence-corrected chi connectivity index (χ4v) is 2.40. The van der Waals surface area contributed by atoms with Gasteiger partial charge in [-0.25, -0.2) is 9.67 Å². The maximum absolute atomic E-state index is 5.79. The minimum Gasteiger partial charge on any atom is -0.324 e. The van der Waals surface area contributed by atoms with Gasteiger partial charge in [0.25, 0.3) is 0 Å². The second kappa shape index (κ2) is 4.66. The molecule has 0 saturated heterocycles. The van der Waals surface area contributed by atoms with E-state index in [4.69, 9.17) is 5.73 Å². The molecule has 1 aliphatic carbocycles. The van der Waals surface area contributed by atoms with Crippen LogP contribution in [0.2, 0.25) is 0 Å². The Morgan fingerprint density at radius 1 is 1.44 bits per heavy atom. The molecule has 0 bridgehead atoms. The van der Waals surface area contributed by atoms with Crippen molar-refractivity contribution in [1.82, 2.24) is 25.2 Å². The molecule has 2 heterocycles. The van der Waals surface area contributed by atoms with E-state index in [2.05, 4.69) is 20.5 Å². The highest BCUT2D eigenvalue weighted by Gasteiger charge is 2.28. The average Bonchev–Trinajstić information content (AvgIpc) is 3.11. The summed E-state index contributed by atoms with van der Waals surface area (Å²) in [6.07, 6.45) is 4.13. The van der Waals surface area contributed by atoms with Crippen LogP contribution in [0, 0.1) is 0 Å². The molecule has 6 nitrogen and oxygen atoms in total. The summed E-state index contributed by atoms with van der Waals surface area (Å²) in [5, 5.41) is 13.4. The zero-order valence-electron chi connectivity index (χ0n) is 10.0. The molecule has 18 heavy (non-hydrogen) atoms. The van der Waals surface area contributed by atoms with Crippen molar-refractivity contribution in [2.45, 2.75) is 42.0 Å². The monoisotopic (exact) mass is 262 g/mol. The van der Waals surface area contributed by atoms with Crippen LogP contribution < -0.4 is 5.73 Å². The van der Waals surface area contributed by atoms with Crippen LogP contribution >= 0.6 is 11.8 Å². The molecular weight excluding hydrogens is 248 g/mol. The maximum Gasteiger partial charge on any atom is 0.215 e. The largest absolute Gasteiger partial charge is 0.324 e. The van der Waals surface area contributed by atoms with E-state index in [1.807, 2.05) is 23.7 Å². The summed E-state index contributed by atoms with van der Waals surface area (Å²) in [5.41, 5.74) is 6.82. The third-order valence-corrected chi connectivity index (χ3v) is 3.74. The number of pyridine rings is 1. The molecular formula is C11H14N6S. The number of aromatic nitrogens is 5. The van der Waals surface area contributed by atoms with Crippen LogP contribution in [-0.2, 0) is 0 Å². The molecule has 7 heteroatoms. The summed E-state index contributed by atoms with van der Waals surface area (Å²) >= 11 is 1.48. The highest BCUT2D eigenvalue weighted by atomic mass is 32.2. The Labute approximate surface area is 109 Å². The minimum atomic E-state index is 0.00772. The Morgan fingerprint density at radius 3 is 2.89 bits per heavy atom. The molecule has 0 spiro atoms. The molecule has 0 aromatic carbocycles. The van der Waals surface area contributed by atoms with Gasteiger partial charge in [-0.15, -0.1) is 5.10 Å². The fourth-order valence-electron chi connectivity index (χ4n) is 1.62. The van der Waals surface area contributed by atoms with Crippen molar-refractivity contribution in [3.8, 4) is 0 Å². The van der Waals surface area contributed by atoms with Crippen LogP contribution in [0.25, 0.3) is 0 Å². The van der Waals surface area contributed by atoms with Crippen LogP contribution in [0.4, 0.5) is 0 Å². The Morgan fingerprint density at radius 2 is 2.28 bits per heavy atom. The van der Waals surface area contributed by atoms with E-state index in [0.29, 0.717) is 6.04 Å². The summed E-state index contributed by atoms with van der Waals surface area (Å²) in [7, 11) is 0. The van der Waals surface area contributed by atoms with Crippen LogP contribution in [0.5, 0.6) is 0 Å². The van der Waals surface area contributed by atoms with Crippen molar-refractivity contribution in [2.75, 3.05) is 0 Å². The van der Waals surface area contributed by atoms with Crippen molar-refractivity contribution in [1.29, 1.82) is 0 Å². The van der Waals surface area contributed by atoms with Gasteiger partial charge in [0.15, 0.2) is 0 Å². The lowest BCUT2D eigenvalue weighted by Gasteiger charge is -2.05. The minimum absolute atomic E-state index is 0.00772.